The Morgan fingerprint density at radius 1 is 1.12 bits per heavy atom. The van der Waals surface area contributed by atoms with E-state index in [-0.39, 0.29) is 5.56 Å². The van der Waals surface area contributed by atoms with Gasteiger partial charge < -0.3 is 0 Å². The zero-order valence-corrected chi connectivity index (χ0v) is 16.1. The van der Waals surface area contributed by atoms with E-state index < -0.39 is 0 Å². The van der Waals surface area contributed by atoms with E-state index in [4.69, 9.17) is 11.6 Å². The first kappa shape index (κ1) is 17.0. The van der Waals surface area contributed by atoms with E-state index in [2.05, 4.69) is 36.2 Å². The lowest BCUT2D eigenvalue weighted by molar-refractivity contribution is 0.749. The molecule has 2 aromatic heterocycles. The van der Waals surface area contributed by atoms with Gasteiger partial charge in [0.05, 0.1) is 18.3 Å². The molecule has 0 bridgehead atoms. The Hall–Kier alpha value is -2.43. The van der Waals surface area contributed by atoms with Crippen LogP contribution in [0.2, 0.25) is 5.02 Å². The van der Waals surface area contributed by atoms with Crippen molar-refractivity contribution < 1.29 is 0 Å². The predicted molar refractivity (Wildman–Crippen MR) is 109 cm³/mol. The highest BCUT2D eigenvalue weighted by Gasteiger charge is 2.17. The largest absolute Gasteiger partial charge is 0.294 e. The summed E-state index contributed by atoms with van der Waals surface area (Å²) in [5, 5.41) is 1.36. The van der Waals surface area contributed by atoms with Crippen LogP contribution < -0.4 is 5.56 Å². The zero-order valence-electron chi connectivity index (χ0n) is 14.5. The topological polar surface area (TPSA) is 34.9 Å². The molecule has 0 N–H and O–H groups in total. The van der Waals surface area contributed by atoms with Gasteiger partial charge in [-0.15, -0.1) is 11.3 Å². The molecule has 4 rings (SSSR count). The molecule has 26 heavy (non-hydrogen) atoms. The Balaban J connectivity index is 1.88. The summed E-state index contributed by atoms with van der Waals surface area (Å²) in [6.07, 6.45) is 1.63. The van der Waals surface area contributed by atoms with Gasteiger partial charge in [0.15, 0.2) is 0 Å². The van der Waals surface area contributed by atoms with Crippen LogP contribution in [0.1, 0.15) is 16.0 Å². The number of halogens is 1. The average Bonchev–Trinajstić information content (AvgIpc) is 2.95. The van der Waals surface area contributed by atoms with Gasteiger partial charge in [-0.05, 0) is 37.1 Å². The first-order chi connectivity index (χ1) is 12.5. The Morgan fingerprint density at radius 2 is 1.88 bits per heavy atom. The summed E-state index contributed by atoms with van der Waals surface area (Å²) < 4.78 is 1.65. The molecular weight excluding hydrogens is 364 g/mol. The molecule has 0 saturated heterocycles. The molecule has 0 spiro atoms. The third kappa shape index (κ3) is 3.06. The fourth-order valence-electron chi connectivity index (χ4n) is 3.15. The summed E-state index contributed by atoms with van der Waals surface area (Å²) in [5.74, 6) is 0. The number of thiophene rings is 1. The van der Waals surface area contributed by atoms with Crippen molar-refractivity contribution in [2.45, 2.75) is 20.4 Å². The highest BCUT2D eigenvalue weighted by molar-refractivity contribution is 7.19. The van der Waals surface area contributed by atoms with Crippen LogP contribution in [-0.4, -0.2) is 9.55 Å². The van der Waals surface area contributed by atoms with Gasteiger partial charge in [0.1, 0.15) is 4.83 Å². The van der Waals surface area contributed by atoms with Crippen LogP contribution in [0.15, 0.2) is 59.7 Å². The third-order valence-electron chi connectivity index (χ3n) is 4.44. The molecule has 0 unspecified atom stereocenters. The highest BCUT2D eigenvalue weighted by atomic mass is 35.5. The molecule has 2 aromatic carbocycles. The molecule has 0 radical (unpaired) electrons. The van der Waals surface area contributed by atoms with Gasteiger partial charge in [0, 0.05) is 15.5 Å². The maximum absolute atomic E-state index is 13.2. The van der Waals surface area contributed by atoms with Crippen molar-refractivity contribution in [3.05, 3.63) is 86.2 Å². The average molecular weight is 381 g/mol. The number of aromatic nitrogens is 2. The molecule has 0 saturated carbocycles. The molecule has 4 aromatic rings. The minimum Gasteiger partial charge on any atom is -0.294 e. The second-order valence-electron chi connectivity index (χ2n) is 6.39. The van der Waals surface area contributed by atoms with E-state index in [1.807, 2.05) is 31.2 Å². The monoisotopic (exact) mass is 380 g/mol. The number of hydrogen-bond donors (Lipinski definition) is 0. The van der Waals surface area contributed by atoms with Crippen LogP contribution in [-0.2, 0) is 6.54 Å². The molecule has 0 amide bonds. The summed E-state index contributed by atoms with van der Waals surface area (Å²) in [7, 11) is 0. The third-order valence-corrected chi connectivity index (χ3v) is 5.69. The number of aryl methyl sites for hydroxylation is 2. The first-order valence-electron chi connectivity index (χ1n) is 8.33. The van der Waals surface area contributed by atoms with Gasteiger partial charge in [-0.2, -0.15) is 0 Å². The molecule has 0 aliphatic heterocycles. The fraction of sp³-hybridized carbons (Fsp3) is 0.143. The second kappa shape index (κ2) is 6.71. The number of benzene rings is 2. The lowest BCUT2D eigenvalue weighted by atomic mass is 10.0. The van der Waals surface area contributed by atoms with Gasteiger partial charge in [-0.1, -0.05) is 53.6 Å². The molecule has 130 valence electrons. The van der Waals surface area contributed by atoms with Crippen molar-refractivity contribution in [2.75, 3.05) is 0 Å². The number of hydrogen-bond acceptors (Lipinski definition) is 3. The van der Waals surface area contributed by atoms with Gasteiger partial charge in [-0.25, -0.2) is 4.98 Å². The van der Waals surface area contributed by atoms with E-state index in [1.165, 1.54) is 5.56 Å². The molecular formula is C21H17ClN2OS. The highest BCUT2D eigenvalue weighted by Crippen LogP contribution is 2.35. The molecule has 2 heterocycles. The van der Waals surface area contributed by atoms with Crippen LogP contribution in [0.4, 0.5) is 0 Å². The van der Waals surface area contributed by atoms with E-state index in [0.29, 0.717) is 17.0 Å². The summed E-state index contributed by atoms with van der Waals surface area (Å²) in [5.41, 5.74) is 4.20. The van der Waals surface area contributed by atoms with Crippen molar-refractivity contribution in [2.24, 2.45) is 0 Å². The Labute approximate surface area is 160 Å². The van der Waals surface area contributed by atoms with Gasteiger partial charge in [0.25, 0.3) is 5.56 Å². The molecule has 0 aliphatic rings. The molecule has 0 fully saturated rings. The number of nitrogens with zero attached hydrogens (tertiary/aromatic N) is 2. The lowest BCUT2D eigenvalue weighted by Gasteiger charge is -2.07. The zero-order chi connectivity index (χ0) is 18.3. The van der Waals surface area contributed by atoms with E-state index >= 15 is 0 Å². The maximum atomic E-state index is 13.2. The van der Waals surface area contributed by atoms with Crippen molar-refractivity contribution in [3.63, 3.8) is 0 Å². The molecule has 0 atom stereocenters. The smallest absolute Gasteiger partial charge is 0.263 e. The Morgan fingerprint density at radius 3 is 2.62 bits per heavy atom. The fourth-order valence-corrected chi connectivity index (χ4v) is 4.37. The van der Waals surface area contributed by atoms with Crippen LogP contribution in [0.5, 0.6) is 0 Å². The van der Waals surface area contributed by atoms with E-state index in [0.717, 1.165) is 26.4 Å². The van der Waals surface area contributed by atoms with E-state index in [9.17, 15) is 4.79 Å². The summed E-state index contributed by atoms with van der Waals surface area (Å²) >= 11 is 7.63. The molecule has 3 nitrogen and oxygen atoms in total. The van der Waals surface area contributed by atoms with Gasteiger partial charge >= 0.3 is 0 Å². The minimum absolute atomic E-state index is 0.0186. The number of fused-ring (bicyclic) bond motifs is 1. The maximum Gasteiger partial charge on any atom is 0.263 e. The van der Waals surface area contributed by atoms with Crippen molar-refractivity contribution in [1.29, 1.82) is 0 Å². The van der Waals surface area contributed by atoms with Crippen molar-refractivity contribution in [3.8, 4) is 11.1 Å². The van der Waals surface area contributed by atoms with Gasteiger partial charge in [0.2, 0.25) is 0 Å². The minimum atomic E-state index is -0.0186. The van der Waals surface area contributed by atoms with Gasteiger partial charge in [-0.3, -0.25) is 9.36 Å². The predicted octanol–water partition coefficient (Wildman–Crippen LogP) is 5.44. The summed E-state index contributed by atoms with van der Waals surface area (Å²) in [4.78, 5) is 19.6. The quantitative estimate of drug-likeness (QED) is 0.474. The van der Waals surface area contributed by atoms with Crippen LogP contribution in [0.25, 0.3) is 21.3 Å². The van der Waals surface area contributed by atoms with Crippen LogP contribution in [0, 0.1) is 13.8 Å². The lowest BCUT2D eigenvalue weighted by Crippen LogP contribution is -2.21. The van der Waals surface area contributed by atoms with E-state index in [1.54, 1.807) is 22.2 Å². The second-order valence-corrected chi connectivity index (χ2v) is 8.03. The molecule has 5 heteroatoms. The normalized spacial score (nSPS) is 11.2. The summed E-state index contributed by atoms with van der Waals surface area (Å²) in [6.45, 7) is 4.55. The Bertz CT molecular complexity index is 1160. The first-order valence-corrected chi connectivity index (χ1v) is 9.52. The van der Waals surface area contributed by atoms with Crippen molar-refractivity contribution >= 4 is 33.2 Å². The standard InChI is InChI=1S/C21H17ClN2OS/c1-13-6-8-16(9-7-13)18-14(2)26-20-19(18)21(25)24(12-23-20)11-15-4-3-5-17(22)10-15/h3-10,12H,11H2,1-2H3. The van der Waals surface area contributed by atoms with Crippen molar-refractivity contribution in [1.82, 2.24) is 9.55 Å². The molecule has 0 aliphatic carbocycles. The van der Waals surface area contributed by atoms with Crippen LogP contribution in [0.3, 0.4) is 0 Å². The SMILES string of the molecule is Cc1ccc(-c2c(C)sc3ncn(Cc4cccc(Cl)c4)c(=O)c23)cc1. The summed E-state index contributed by atoms with van der Waals surface area (Å²) in [6, 6.07) is 15.8. The Kier molecular flexibility index (Phi) is 4.39. The van der Waals surface area contributed by atoms with Crippen LogP contribution >= 0.6 is 22.9 Å². The number of rotatable bonds is 3.